The van der Waals surface area contributed by atoms with Gasteiger partial charge in [0.2, 0.25) is 5.91 Å². The van der Waals surface area contributed by atoms with Crippen LogP contribution in [0.25, 0.3) is 0 Å². The molecule has 0 radical (unpaired) electrons. The highest BCUT2D eigenvalue weighted by Gasteiger charge is 2.30. The SMILES string of the molecule is C=CCNC(=O)CN1CCCC(C)(CO)C1. The van der Waals surface area contributed by atoms with Crippen LogP contribution in [-0.2, 0) is 4.79 Å². The van der Waals surface area contributed by atoms with Crippen molar-refractivity contribution in [3.8, 4) is 0 Å². The quantitative estimate of drug-likeness (QED) is 0.667. The third kappa shape index (κ3) is 3.94. The molecule has 0 bridgehead atoms. The number of rotatable bonds is 5. The maximum Gasteiger partial charge on any atom is 0.234 e. The molecule has 92 valence electrons. The van der Waals surface area contributed by atoms with Crippen LogP contribution >= 0.6 is 0 Å². The fourth-order valence-electron chi connectivity index (χ4n) is 2.14. The Hall–Kier alpha value is -0.870. The van der Waals surface area contributed by atoms with Gasteiger partial charge in [-0.2, -0.15) is 0 Å². The summed E-state index contributed by atoms with van der Waals surface area (Å²) in [5.74, 6) is 0.0297. The first-order chi connectivity index (χ1) is 7.59. The molecule has 1 amide bonds. The molecule has 0 aromatic rings. The number of likely N-dealkylation sites (tertiary alicyclic amines) is 1. The van der Waals surface area contributed by atoms with Crippen LogP contribution in [0, 0.1) is 5.41 Å². The van der Waals surface area contributed by atoms with E-state index >= 15 is 0 Å². The summed E-state index contributed by atoms with van der Waals surface area (Å²) in [4.78, 5) is 13.6. The van der Waals surface area contributed by atoms with E-state index in [1.54, 1.807) is 6.08 Å². The van der Waals surface area contributed by atoms with Gasteiger partial charge in [-0.05, 0) is 19.4 Å². The van der Waals surface area contributed by atoms with E-state index in [9.17, 15) is 9.90 Å². The van der Waals surface area contributed by atoms with E-state index in [0.29, 0.717) is 13.1 Å². The summed E-state index contributed by atoms with van der Waals surface area (Å²) in [5.41, 5.74) is -0.0447. The van der Waals surface area contributed by atoms with Crippen LogP contribution in [0.3, 0.4) is 0 Å². The van der Waals surface area contributed by atoms with Gasteiger partial charge in [0, 0.05) is 25.1 Å². The van der Waals surface area contributed by atoms with Crippen molar-refractivity contribution in [3.63, 3.8) is 0 Å². The Morgan fingerprint density at radius 2 is 2.44 bits per heavy atom. The zero-order valence-electron chi connectivity index (χ0n) is 10.0. The molecule has 1 fully saturated rings. The molecule has 1 aliphatic rings. The molecule has 1 atom stereocenters. The number of hydrogen-bond acceptors (Lipinski definition) is 3. The number of aliphatic hydroxyl groups excluding tert-OH is 1. The van der Waals surface area contributed by atoms with Gasteiger partial charge in [0.15, 0.2) is 0 Å². The van der Waals surface area contributed by atoms with E-state index < -0.39 is 0 Å². The van der Waals surface area contributed by atoms with E-state index in [2.05, 4.69) is 23.7 Å². The summed E-state index contributed by atoms with van der Waals surface area (Å²) in [6.45, 7) is 8.49. The van der Waals surface area contributed by atoms with Crippen molar-refractivity contribution < 1.29 is 9.90 Å². The van der Waals surface area contributed by atoms with Crippen molar-refractivity contribution in [2.24, 2.45) is 5.41 Å². The molecule has 0 aromatic carbocycles. The average Bonchev–Trinajstić information content (AvgIpc) is 2.26. The standard InChI is InChI=1S/C12H22N2O2/c1-3-6-13-11(16)8-14-7-4-5-12(2,9-14)10-15/h3,15H,1,4-10H2,2H3,(H,13,16). The fourth-order valence-corrected chi connectivity index (χ4v) is 2.14. The van der Waals surface area contributed by atoms with Crippen LogP contribution in [0.1, 0.15) is 19.8 Å². The molecule has 0 saturated carbocycles. The maximum absolute atomic E-state index is 11.5. The monoisotopic (exact) mass is 226 g/mol. The first-order valence-electron chi connectivity index (χ1n) is 5.80. The molecule has 4 nitrogen and oxygen atoms in total. The molecular weight excluding hydrogens is 204 g/mol. The van der Waals surface area contributed by atoms with Gasteiger partial charge >= 0.3 is 0 Å². The molecule has 2 N–H and O–H groups in total. The number of piperidine rings is 1. The number of nitrogens with zero attached hydrogens (tertiary/aromatic N) is 1. The smallest absolute Gasteiger partial charge is 0.234 e. The Kier molecular flexibility index (Phi) is 4.96. The minimum Gasteiger partial charge on any atom is -0.396 e. The van der Waals surface area contributed by atoms with Crippen molar-refractivity contribution >= 4 is 5.91 Å². The molecule has 1 rings (SSSR count). The first-order valence-corrected chi connectivity index (χ1v) is 5.80. The Morgan fingerprint density at radius 1 is 1.69 bits per heavy atom. The molecule has 1 heterocycles. The van der Waals surface area contributed by atoms with Gasteiger partial charge in [-0.15, -0.1) is 6.58 Å². The van der Waals surface area contributed by atoms with E-state index in [1.807, 2.05) is 0 Å². The number of amides is 1. The lowest BCUT2D eigenvalue weighted by Gasteiger charge is -2.38. The van der Waals surface area contributed by atoms with Gasteiger partial charge in [0.25, 0.3) is 0 Å². The maximum atomic E-state index is 11.5. The molecule has 0 aliphatic carbocycles. The Bertz CT molecular complexity index is 255. The summed E-state index contributed by atoms with van der Waals surface area (Å²) in [7, 11) is 0. The number of carbonyl (C=O) groups excluding carboxylic acids is 1. The van der Waals surface area contributed by atoms with Crippen LogP contribution in [0.5, 0.6) is 0 Å². The molecule has 0 spiro atoms. The summed E-state index contributed by atoms with van der Waals surface area (Å²) in [5, 5.41) is 12.1. The Balaban J connectivity index is 2.37. The minimum atomic E-state index is -0.0447. The van der Waals surface area contributed by atoms with E-state index in [0.717, 1.165) is 25.9 Å². The highest BCUT2D eigenvalue weighted by atomic mass is 16.3. The van der Waals surface area contributed by atoms with Crippen LogP contribution < -0.4 is 5.32 Å². The number of hydrogen-bond donors (Lipinski definition) is 2. The predicted molar refractivity (Wildman–Crippen MR) is 64.1 cm³/mol. The van der Waals surface area contributed by atoms with Crippen molar-refractivity contribution in [2.75, 3.05) is 32.8 Å². The fraction of sp³-hybridized carbons (Fsp3) is 0.750. The van der Waals surface area contributed by atoms with Crippen molar-refractivity contribution in [3.05, 3.63) is 12.7 Å². The largest absolute Gasteiger partial charge is 0.396 e. The number of carbonyl (C=O) groups is 1. The van der Waals surface area contributed by atoms with Crippen LogP contribution in [0.15, 0.2) is 12.7 Å². The second-order valence-corrected chi connectivity index (χ2v) is 4.88. The predicted octanol–water partition coefficient (Wildman–Crippen LogP) is 0.383. The van der Waals surface area contributed by atoms with Crippen molar-refractivity contribution in [1.29, 1.82) is 0 Å². The summed E-state index contributed by atoms with van der Waals surface area (Å²) in [6, 6.07) is 0. The van der Waals surface area contributed by atoms with Gasteiger partial charge in [0.1, 0.15) is 0 Å². The Morgan fingerprint density at radius 3 is 3.06 bits per heavy atom. The number of aliphatic hydroxyl groups is 1. The zero-order chi connectivity index (χ0) is 12.0. The van der Waals surface area contributed by atoms with E-state index in [-0.39, 0.29) is 17.9 Å². The van der Waals surface area contributed by atoms with Crippen LogP contribution in [0.2, 0.25) is 0 Å². The molecule has 0 aromatic heterocycles. The average molecular weight is 226 g/mol. The molecule has 1 aliphatic heterocycles. The molecular formula is C12H22N2O2. The second kappa shape index (κ2) is 6.01. The molecule has 1 saturated heterocycles. The molecule has 1 unspecified atom stereocenters. The van der Waals surface area contributed by atoms with Gasteiger partial charge in [0.05, 0.1) is 6.54 Å². The lowest BCUT2D eigenvalue weighted by molar-refractivity contribution is -0.123. The van der Waals surface area contributed by atoms with Gasteiger partial charge in [-0.1, -0.05) is 13.0 Å². The van der Waals surface area contributed by atoms with Crippen molar-refractivity contribution in [2.45, 2.75) is 19.8 Å². The summed E-state index contributed by atoms with van der Waals surface area (Å²) in [6.07, 6.45) is 3.76. The topological polar surface area (TPSA) is 52.6 Å². The highest BCUT2D eigenvalue weighted by Crippen LogP contribution is 2.28. The second-order valence-electron chi connectivity index (χ2n) is 4.88. The highest BCUT2D eigenvalue weighted by molar-refractivity contribution is 5.78. The van der Waals surface area contributed by atoms with Crippen LogP contribution in [-0.4, -0.2) is 48.7 Å². The first kappa shape index (κ1) is 13.2. The zero-order valence-corrected chi connectivity index (χ0v) is 10.0. The van der Waals surface area contributed by atoms with Gasteiger partial charge < -0.3 is 10.4 Å². The lowest BCUT2D eigenvalue weighted by atomic mass is 9.83. The third-order valence-corrected chi connectivity index (χ3v) is 3.05. The lowest BCUT2D eigenvalue weighted by Crippen LogP contribution is -2.47. The summed E-state index contributed by atoms with van der Waals surface area (Å²) < 4.78 is 0. The van der Waals surface area contributed by atoms with E-state index in [4.69, 9.17) is 0 Å². The van der Waals surface area contributed by atoms with Crippen molar-refractivity contribution in [1.82, 2.24) is 10.2 Å². The van der Waals surface area contributed by atoms with Gasteiger partial charge in [-0.3, -0.25) is 9.69 Å². The summed E-state index contributed by atoms with van der Waals surface area (Å²) >= 11 is 0. The molecule has 16 heavy (non-hydrogen) atoms. The van der Waals surface area contributed by atoms with Crippen LogP contribution in [0.4, 0.5) is 0 Å². The minimum absolute atomic E-state index is 0.0297. The Labute approximate surface area is 97.3 Å². The number of nitrogens with one attached hydrogen (secondary N) is 1. The molecule has 4 heteroatoms. The third-order valence-electron chi connectivity index (χ3n) is 3.05. The van der Waals surface area contributed by atoms with Gasteiger partial charge in [-0.25, -0.2) is 0 Å². The normalized spacial score (nSPS) is 26.4. The van der Waals surface area contributed by atoms with E-state index in [1.165, 1.54) is 0 Å².